The predicted molar refractivity (Wildman–Crippen MR) is 140 cm³/mol. The third kappa shape index (κ3) is 6.53. The summed E-state index contributed by atoms with van der Waals surface area (Å²) < 4.78 is 5.15. The van der Waals surface area contributed by atoms with Crippen molar-refractivity contribution in [1.29, 1.82) is 0 Å². The molecule has 0 saturated heterocycles. The Labute approximate surface area is 224 Å². The van der Waals surface area contributed by atoms with Gasteiger partial charge in [0.05, 0.1) is 36.3 Å². The monoisotopic (exact) mass is 563 g/mol. The smallest absolute Gasteiger partial charge is 0.271 e. The molecule has 0 bridgehead atoms. The van der Waals surface area contributed by atoms with Crippen molar-refractivity contribution >= 4 is 63.5 Å². The molecule has 3 aromatic carbocycles. The van der Waals surface area contributed by atoms with Gasteiger partial charge in [0, 0.05) is 29.8 Å². The summed E-state index contributed by atoms with van der Waals surface area (Å²) in [7, 11) is 0. The van der Waals surface area contributed by atoms with Crippen LogP contribution in [-0.2, 0) is 0 Å². The average molecular weight is 565 g/mol. The highest BCUT2D eigenvalue weighted by Crippen LogP contribution is 2.33. The lowest BCUT2D eigenvalue weighted by molar-refractivity contribution is -0.385. The molecule has 3 N–H and O–H groups in total. The van der Waals surface area contributed by atoms with Crippen molar-refractivity contribution in [2.75, 3.05) is 11.1 Å². The lowest BCUT2D eigenvalue weighted by Crippen LogP contribution is -2.14. The number of anilines is 2. The van der Waals surface area contributed by atoms with Crippen LogP contribution in [0, 0.1) is 27.2 Å². The summed E-state index contributed by atoms with van der Waals surface area (Å²) in [5.74, 6) is -0.292. The molecule has 0 aliphatic carbocycles. The number of amides is 1. The minimum absolute atomic E-state index is 0.0492. The molecule has 190 valence electrons. The molecule has 0 radical (unpaired) electrons. The van der Waals surface area contributed by atoms with Crippen LogP contribution in [0.1, 0.15) is 16.1 Å². The van der Waals surface area contributed by atoms with Gasteiger partial charge in [0.1, 0.15) is 17.0 Å². The van der Waals surface area contributed by atoms with Crippen LogP contribution in [0.15, 0.2) is 65.2 Å². The number of rotatable bonds is 5. The fraction of sp³-hybridized carbons (Fsp3) is 0.0435. The van der Waals surface area contributed by atoms with Gasteiger partial charge >= 0.3 is 0 Å². The third-order valence-electron chi connectivity index (χ3n) is 4.82. The van der Waals surface area contributed by atoms with E-state index in [0.29, 0.717) is 15.6 Å². The highest BCUT2D eigenvalue weighted by atomic mass is 35.5. The van der Waals surface area contributed by atoms with Gasteiger partial charge in [-0.1, -0.05) is 58.2 Å². The maximum Gasteiger partial charge on any atom is 0.271 e. The molecule has 0 atom stereocenters. The Balaban J connectivity index is 0.000000289. The summed E-state index contributed by atoms with van der Waals surface area (Å²) in [5.41, 5.74) is 6.37. The van der Waals surface area contributed by atoms with Crippen LogP contribution in [0.5, 0.6) is 0 Å². The lowest BCUT2D eigenvalue weighted by Gasteiger charge is -2.08. The minimum Gasteiger partial charge on any atom is -0.397 e. The number of aromatic nitrogens is 1. The first-order valence-electron chi connectivity index (χ1n) is 10.2. The van der Waals surface area contributed by atoms with Crippen molar-refractivity contribution in [3.8, 4) is 11.3 Å². The number of benzene rings is 3. The Hall–Kier alpha value is -4.19. The molecule has 1 aromatic heterocycles. The van der Waals surface area contributed by atoms with E-state index in [4.69, 9.17) is 45.1 Å². The van der Waals surface area contributed by atoms with Gasteiger partial charge in [0.15, 0.2) is 0 Å². The molecule has 37 heavy (non-hydrogen) atoms. The van der Waals surface area contributed by atoms with E-state index in [0.717, 1.165) is 0 Å². The Kier molecular flexibility index (Phi) is 8.66. The van der Waals surface area contributed by atoms with Crippen molar-refractivity contribution in [2.24, 2.45) is 0 Å². The number of halogens is 3. The van der Waals surface area contributed by atoms with Crippen molar-refractivity contribution in [2.45, 2.75) is 6.92 Å². The first-order chi connectivity index (χ1) is 17.5. The molecular formula is C23H16Cl3N5O6. The maximum absolute atomic E-state index is 12.8. The van der Waals surface area contributed by atoms with Crippen LogP contribution in [0.4, 0.5) is 22.7 Å². The van der Waals surface area contributed by atoms with Crippen LogP contribution >= 0.6 is 34.8 Å². The van der Waals surface area contributed by atoms with Gasteiger partial charge in [-0.3, -0.25) is 25.0 Å². The number of hydrogen-bond donors (Lipinski definition) is 2. The predicted octanol–water partition coefficient (Wildman–Crippen LogP) is 6.95. The Bertz CT molecular complexity index is 1510. The summed E-state index contributed by atoms with van der Waals surface area (Å²) in [6.07, 6.45) is 0. The van der Waals surface area contributed by atoms with Crippen molar-refractivity contribution < 1.29 is 19.2 Å². The maximum atomic E-state index is 12.8. The topological polar surface area (TPSA) is 167 Å². The van der Waals surface area contributed by atoms with E-state index >= 15 is 0 Å². The quantitative estimate of drug-likeness (QED) is 0.149. The lowest BCUT2D eigenvalue weighted by atomic mass is 10.1. The van der Waals surface area contributed by atoms with Gasteiger partial charge < -0.3 is 15.6 Å². The van der Waals surface area contributed by atoms with Crippen molar-refractivity contribution in [3.63, 3.8) is 0 Å². The SMILES string of the molecule is Cc1onc(-c2ccccc2Cl)c1C(=O)Nc1cc([N+](=O)[O-])ccc1Cl.Nc1cc([N+](=O)[O-])ccc1Cl. The molecular weight excluding hydrogens is 549 g/mol. The summed E-state index contributed by atoms with van der Waals surface area (Å²) >= 11 is 17.7. The zero-order chi connectivity index (χ0) is 27.3. The largest absolute Gasteiger partial charge is 0.397 e. The van der Waals surface area contributed by atoms with Gasteiger partial charge in [-0.05, 0) is 25.1 Å². The van der Waals surface area contributed by atoms with E-state index in [1.165, 1.54) is 36.4 Å². The van der Waals surface area contributed by atoms with Crippen molar-refractivity contribution in [3.05, 3.63) is 107 Å². The summed E-state index contributed by atoms with van der Waals surface area (Å²) in [4.78, 5) is 32.7. The fourth-order valence-corrected chi connectivity index (χ4v) is 3.54. The number of nitro groups is 2. The molecule has 0 unspecified atom stereocenters. The number of nitrogens with zero attached hydrogens (tertiary/aromatic N) is 3. The van der Waals surface area contributed by atoms with E-state index in [1.54, 1.807) is 31.2 Å². The molecule has 0 spiro atoms. The Morgan fingerprint density at radius 2 is 1.51 bits per heavy atom. The number of aryl methyl sites for hydroxylation is 1. The van der Waals surface area contributed by atoms with Crippen LogP contribution in [-0.4, -0.2) is 20.9 Å². The second-order valence-corrected chi connectivity index (χ2v) is 8.50. The van der Waals surface area contributed by atoms with Gasteiger partial charge in [-0.15, -0.1) is 0 Å². The zero-order valence-electron chi connectivity index (χ0n) is 18.8. The van der Waals surface area contributed by atoms with E-state index in [9.17, 15) is 25.0 Å². The van der Waals surface area contributed by atoms with Crippen molar-refractivity contribution in [1.82, 2.24) is 5.16 Å². The number of carbonyl (C=O) groups is 1. The molecule has 11 nitrogen and oxygen atoms in total. The standard InChI is InChI=1S/C17H11Cl2N3O4.C6H5ClN2O2/c1-9-15(16(21-26-9)11-4-2-3-5-12(11)18)17(23)20-14-8-10(22(24)25)6-7-13(14)19;7-5-2-1-4(9(10)11)3-6(5)8/h2-8H,1H3,(H,20,23);1-3H,8H2. The molecule has 0 saturated carbocycles. The third-order valence-corrected chi connectivity index (χ3v) is 5.82. The van der Waals surface area contributed by atoms with Crippen LogP contribution in [0.25, 0.3) is 11.3 Å². The summed E-state index contributed by atoms with van der Waals surface area (Å²) in [5, 5.41) is 28.5. The molecule has 1 heterocycles. The second-order valence-electron chi connectivity index (χ2n) is 7.28. The Morgan fingerprint density at radius 3 is 2.11 bits per heavy atom. The number of nitrogen functional groups attached to an aromatic ring is 1. The molecule has 0 aliphatic rings. The molecule has 4 rings (SSSR count). The Morgan fingerprint density at radius 1 is 0.919 bits per heavy atom. The van der Waals surface area contributed by atoms with Gasteiger partial charge in [-0.2, -0.15) is 0 Å². The zero-order valence-corrected chi connectivity index (χ0v) is 21.0. The van der Waals surface area contributed by atoms with E-state index in [2.05, 4.69) is 10.5 Å². The van der Waals surface area contributed by atoms with Crippen LogP contribution < -0.4 is 11.1 Å². The number of nitro benzene ring substituents is 2. The summed E-state index contributed by atoms with van der Waals surface area (Å²) in [6, 6.07) is 14.6. The fourth-order valence-electron chi connectivity index (χ4n) is 3.03. The average Bonchev–Trinajstić information content (AvgIpc) is 3.23. The molecule has 4 aromatic rings. The molecule has 0 aliphatic heterocycles. The number of carbonyl (C=O) groups excluding carboxylic acids is 1. The first kappa shape index (κ1) is 27.4. The number of non-ortho nitro benzene ring substituents is 2. The van der Waals surface area contributed by atoms with Crippen LogP contribution in [0.2, 0.25) is 15.1 Å². The minimum atomic E-state index is -0.578. The van der Waals surface area contributed by atoms with E-state index < -0.39 is 15.8 Å². The number of hydrogen-bond acceptors (Lipinski definition) is 8. The van der Waals surface area contributed by atoms with E-state index in [1.807, 2.05) is 0 Å². The highest BCUT2D eigenvalue weighted by molar-refractivity contribution is 6.34. The van der Waals surface area contributed by atoms with Gasteiger partial charge in [-0.25, -0.2) is 0 Å². The highest BCUT2D eigenvalue weighted by Gasteiger charge is 2.24. The van der Waals surface area contributed by atoms with Gasteiger partial charge in [0.2, 0.25) is 0 Å². The molecule has 0 fully saturated rings. The molecule has 14 heteroatoms. The summed E-state index contributed by atoms with van der Waals surface area (Å²) in [6.45, 7) is 1.58. The first-order valence-corrected chi connectivity index (χ1v) is 11.3. The number of nitrogens with one attached hydrogen (secondary N) is 1. The number of nitrogens with two attached hydrogens (primary N) is 1. The van der Waals surface area contributed by atoms with E-state index in [-0.39, 0.29) is 44.8 Å². The normalized spacial score (nSPS) is 10.3. The van der Waals surface area contributed by atoms with Gasteiger partial charge in [0.25, 0.3) is 17.3 Å². The second kappa shape index (κ2) is 11.7. The molecule has 1 amide bonds. The van der Waals surface area contributed by atoms with Crippen LogP contribution in [0.3, 0.4) is 0 Å².